The van der Waals surface area contributed by atoms with Gasteiger partial charge in [-0.1, -0.05) is 62.4 Å². The summed E-state index contributed by atoms with van der Waals surface area (Å²) in [6.45, 7) is 4.25. The van der Waals surface area contributed by atoms with Crippen LogP contribution in [0.1, 0.15) is 48.7 Å². The number of anilines is 2. The van der Waals surface area contributed by atoms with Crippen LogP contribution in [0.5, 0.6) is 0 Å². The van der Waals surface area contributed by atoms with E-state index in [1.165, 1.54) is 0 Å². The maximum Gasteiger partial charge on any atom is 0.259 e. The summed E-state index contributed by atoms with van der Waals surface area (Å²) < 4.78 is 0. The van der Waals surface area contributed by atoms with Crippen molar-refractivity contribution in [2.24, 2.45) is 5.41 Å². The minimum absolute atomic E-state index is 0.0812. The summed E-state index contributed by atoms with van der Waals surface area (Å²) in [5.41, 5.74) is 5.48. The Kier molecular flexibility index (Phi) is 4.88. The number of amides is 1. The van der Waals surface area contributed by atoms with Crippen molar-refractivity contribution >= 4 is 34.0 Å². The number of rotatable bonds is 2. The van der Waals surface area contributed by atoms with Crippen LogP contribution in [0.2, 0.25) is 0 Å². The van der Waals surface area contributed by atoms with Crippen molar-refractivity contribution in [3.8, 4) is 0 Å². The summed E-state index contributed by atoms with van der Waals surface area (Å²) in [4.78, 5) is 33.2. The van der Waals surface area contributed by atoms with Gasteiger partial charge in [0.2, 0.25) is 0 Å². The molecule has 5 heteroatoms. The van der Waals surface area contributed by atoms with E-state index in [0.29, 0.717) is 17.6 Å². The van der Waals surface area contributed by atoms with Crippen molar-refractivity contribution in [3.05, 3.63) is 107 Å². The fraction of sp³-hybridized carbons (Fsp3) is 0.200. The molecule has 0 radical (unpaired) electrons. The number of ketones is 1. The lowest BCUT2D eigenvalue weighted by molar-refractivity contribution is -0.118. The number of aromatic amines is 1. The number of fused-ring (bicyclic) bond motifs is 2. The zero-order valence-corrected chi connectivity index (χ0v) is 19.8. The van der Waals surface area contributed by atoms with Crippen LogP contribution in [0.3, 0.4) is 0 Å². The second-order valence-corrected chi connectivity index (χ2v) is 10.2. The third kappa shape index (κ3) is 3.55. The Morgan fingerprint density at radius 1 is 0.914 bits per heavy atom. The molecule has 0 saturated heterocycles. The van der Waals surface area contributed by atoms with Gasteiger partial charge in [-0.2, -0.15) is 0 Å². The van der Waals surface area contributed by atoms with E-state index < -0.39 is 6.04 Å². The van der Waals surface area contributed by atoms with Gasteiger partial charge < -0.3 is 10.3 Å². The summed E-state index contributed by atoms with van der Waals surface area (Å²) >= 11 is 0. The smallest absolute Gasteiger partial charge is 0.259 e. The van der Waals surface area contributed by atoms with Gasteiger partial charge in [0, 0.05) is 45.9 Å². The average Bonchev–Trinajstić information content (AvgIpc) is 3.21. The Morgan fingerprint density at radius 2 is 1.63 bits per heavy atom. The van der Waals surface area contributed by atoms with Crippen LogP contribution in [-0.4, -0.2) is 16.7 Å². The first kappa shape index (κ1) is 21.4. The molecule has 1 amide bonds. The van der Waals surface area contributed by atoms with Gasteiger partial charge in [0.05, 0.1) is 17.4 Å². The van der Waals surface area contributed by atoms with Gasteiger partial charge in [0.15, 0.2) is 5.78 Å². The van der Waals surface area contributed by atoms with Crippen molar-refractivity contribution in [2.75, 3.05) is 10.2 Å². The van der Waals surface area contributed by atoms with Crippen LogP contribution in [0.25, 0.3) is 10.9 Å². The highest BCUT2D eigenvalue weighted by atomic mass is 16.2. The number of H-pyrrole nitrogens is 1. The summed E-state index contributed by atoms with van der Waals surface area (Å²) in [6, 6.07) is 24.6. The number of allylic oxidation sites excluding steroid dienone is 1. The lowest BCUT2D eigenvalue weighted by atomic mass is 9.73. The van der Waals surface area contributed by atoms with Crippen LogP contribution in [-0.2, 0) is 4.79 Å². The number of carbonyl (C=O) groups excluding carboxylic acids is 2. The predicted molar refractivity (Wildman–Crippen MR) is 139 cm³/mol. The van der Waals surface area contributed by atoms with Crippen LogP contribution in [0.15, 0.2) is 96.3 Å². The molecule has 1 atom stereocenters. The molecular formula is C30H27N3O2. The SMILES string of the molecule is CC1(C)CC(=O)C2=C(C1)Nc1ccccc1N(C(=O)c1ccccc1)[C@@H]2c1c[nH]c2ccccc12. The quantitative estimate of drug-likeness (QED) is 0.352. The molecule has 35 heavy (non-hydrogen) atoms. The van der Waals surface area contributed by atoms with Gasteiger partial charge in [0.25, 0.3) is 5.91 Å². The monoisotopic (exact) mass is 461 g/mol. The van der Waals surface area contributed by atoms with Gasteiger partial charge in [-0.3, -0.25) is 14.5 Å². The maximum atomic E-state index is 14.2. The van der Waals surface area contributed by atoms with Crippen molar-refractivity contribution in [2.45, 2.75) is 32.7 Å². The second kappa shape index (κ2) is 7.98. The zero-order chi connectivity index (χ0) is 24.2. The average molecular weight is 462 g/mol. The minimum atomic E-state index is -0.561. The normalized spacial score (nSPS) is 19.1. The van der Waals surface area contributed by atoms with Crippen molar-refractivity contribution < 1.29 is 9.59 Å². The number of hydrogen-bond acceptors (Lipinski definition) is 3. The van der Waals surface area contributed by atoms with Crippen molar-refractivity contribution in [3.63, 3.8) is 0 Å². The molecule has 2 aliphatic rings. The Morgan fingerprint density at radius 3 is 2.46 bits per heavy atom. The summed E-state index contributed by atoms with van der Waals surface area (Å²) in [6.07, 6.45) is 3.12. The molecule has 0 unspecified atom stereocenters. The first-order chi connectivity index (χ1) is 16.9. The first-order valence-electron chi connectivity index (χ1n) is 12.0. The molecule has 3 aromatic carbocycles. The highest BCUT2D eigenvalue weighted by molar-refractivity contribution is 6.12. The second-order valence-electron chi connectivity index (χ2n) is 10.2. The third-order valence-electron chi connectivity index (χ3n) is 7.06. The number of Topliss-reactive ketones (excluding diaryl/α,β-unsaturated/α-hetero) is 1. The van der Waals surface area contributed by atoms with Crippen LogP contribution >= 0.6 is 0 Å². The number of hydrogen-bond donors (Lipinski definition) is 2. The highest BCUT2D eigenvalue weighted by Gasteiger charge is 2.44. The molecule has 0 saturated carbocycles. The molecule has 1 aromatic heterocycles. The molecular weight excluding hydrogens is 434 g/mol. The molecule has 6 rings (SSSR count). The lowest BCUT2D eigenvalue weighted by Crippen LogP contribution is -2.39. The summed E-state index contributed by atoms with van der Waals surface area (Å²) in [7, 11) is 0. The minimum Gasteiger partial charge on any atom is -0.361 e. The predicted octanol–water partition coefficient (Wildman–Crippen LogP) is 6.62. The van der Waals surface area contributed by atoms with E-state index in [0.717, 1.165) is 40.0 Å². The summed E-state index contributed by atoms with van der Waals surface area (Å²) in [5.74, 6) is -0.0563. The van der Waals surface area contributed by atoms with E-state index in [1.807, 2.05) is 90.0 Å². The molecule has 2 heterocycles. The zero-order valence-electron chi connectivity index (χ0n) is 19.8. The largest absolute Gasteiger partial charge is 0.361 e. The topological polar surface area (TPSA) is 65.2 Å². The number of carbonyl (C=O) groups is 2. The van der Waals surface area contributed by atoms with Crippen molar-refractivity contribution in [1.29, 1.82) is 0 Å². The van der Waals surface area contributed by atoms with E-state index >= 15 is 0 Å². The van der Waals surface area contributed by atoms with E-state index in [4.69, 9.17) is 0 Å². The van der Waals surface area contributed by atoms with Gasteiger partial charge in [-0.15, -0.1) is 0 Å². The fourth-order valence-corrected chi connectivity index (χ4v) is 5.54. The molecule has 2 N–H and O–H groups in total. The number of nitrogens with one attached hydrogen (secondary N) is 2. The van der Waals surface area contributed by atoms with E-state index in [1.54, 1.807) is 0 Å². The molecule has 1 aliphatic carbocycles. The standard InChI is InChI=1S/C30H27N3O2/c1-30(2)16-24-27(26(34)17-30)28(21-18-31-22-13-7-6-12-20(21)22)33(25-15-9-8-14-23(25)32-24)29(35)19-10-4-3-5-11-19/h3-15,18,28,31-32H,16-17H2,1-2H3/t28-/m1/s1. The van der Waals surface area contributed by atoms with Crippen LogP contribution in [0.4, 0.5) is 11.4 Å². The molecule has 0 spiro atoms. The Labute approximate surface area is 204 Å². The van der Waals surface area contributed by atoms with Gasteiger partial charge in [-0.25, -0.2) is 0 Å². The van der Waals surface area contributed by atoms with Gasteiger partial charge in [0.1, 0.15) is 0 Å². The lowest BCUT2D eigenvalue weighted by Gasteiger charge is -2.37. The molecule has 4 aromatic rings. The van der Waals surface area contributed by atoms with Crippen LogP contribution < -0.4 is 10.2 Å². The Bertz CT molecular complexity index is 1500. The molecule has 0 fully saturated rings. The molecule has 0 bridgehead atoms. The Hall–Kier alpha value is -4.12. The van der Waals surface area contributed by atoms with Crippen LogP contribution in [0, 0.1) is 5.41 Å². The van der Waals surface area contributed by atoms with E-state index in [2.05, 4.69) is 24.1 Å². The fourth-order valence-electron chi connectivity index (χ4n) is 5.54. The number of aromatic nitrogens is 1. The molecule has 1 aliphatic heterocycles. The third-order valence-corrected chi connectivity index (χ3v) is 7.06. The maximum absolute atomic E-state index is 14.2. The summed E-state index contributed by atoms with van der Waals surface area (Å²) in [5, 5.41) is 4.59. The highest BCUT2D eigenvalue weighted by Crippen LogP contribution is 2.49. The van der Waals surface area contributed by atoms with Crippen molar-refractivity contribution in [1.82, 2.24) is 4.98 Å². The molecule has 5 nitrogen and oxygen atoms in total. The number of benzene rings is 3. The van der Waals surface area contributed by atoms with Gasteiger partial charge >= 0.3 is 0 Å². The molecule has 174 valence electrons. The first-order valence-corrected chi connectivity index (χ1v) is 12.0. The van der Waals surface area contributed by atoms with Gasteiger partial charge in [-0.05, 0) is 42.2 Å². The number of para-hydroxylation sites is 3. The number of nitrogens with zero attached hydrogens (tertiary/aromatic N) is 1. The Balaban J connectivity index is 1.67. The van der Waals surface area contributed by atoms with E-state index in [9.17, 15) is 9.59 Å². The van der Waals surface area contributed by atoms with E-state index in [-0.39, 0.29) is 17.1 Å².